The fourth-order valence-corrected chi connectivity index (χ4v) is 4.86. The van der Waals surface area contributed by atoms with Crippen LogP contribution in [0, 0.1) is 11.6 Å². The maximum absolute atomic E-state index is 14.9. The number of sulfone groups is 1. The Morgan fingerprint density at radius 2 is 1.90 bits per heavy atom. The van der Waals surface area contributed by atoms with Crippen molar-refractivity contribution < 1.29 is 26.7 Å². The van der Waals surface area contributed by atoms with Gasteiger partial charge in [0.15, 0.2) is 9.84 Å². The van der Waals surface area contributed by atoms with Gasteiger partial charge in [0.25, 0.3) is 0 Å². The largest absolute Gasteiger partial charge is 0.456 e. The zero-order chi connectivity index (χ0) is 21.6. The normalized spacial score (nSPS) is 16.5. The molecule has 0 radical (unpaired) electrons. The number of carbonyl (C=O) groups excluding carboxylic acids is 1. The van der Waals surface area contributed by atoms with E-state index in [1.807, 2.05) is 0 Å². The minimum atomic E-state index is -3.33. The second-order valence-electron chi connectivity index (χ2n) is 7.64. The van der Waals surface area contributed by atoms with Crippen LogP contribution in [0.3, 0.4) is 0 Å². The Kier molecular flexibility index (Phi) is 5.13. The molecule has 30 heavy (non-hydrogen) atoms. The third-order valence-corrected chi connectivity index (χ3v) is 6.55. The molecule has 1 unspecified atom stereocenters. The summed E-state index contributed by atoms with van der Waals surface area (Å²) in [5, 5.41) is 0.479. The van der Waals surface area contributed by atoms with E-state index >= 15 is 0 Å². The van der Waals surface area contributed by atoms with Crippen LogP contribution in [0.1, 0.15) is 42.7 Å². The molecule has 1 aliphatic rings. The third kappa shape index (κ3) is 3.71. The van der Waals surface area contributed by atoms with Crippen LogP contribution >= 0.6 is 0 Å². The van der Waals surface area contributed by atoms with E-state index in [0.29, 0.717) is 23.9 Å². The average molecular weight is 433 g/mol. The van der Waals surface area contributed by atoms with Crippen molar-refractivity contribution in [2.75, 3.05) is 6.26 Å². The molecule has 8 heteroatoms. The number of carbonyl (C=O) groups is 1. The predicted octanol–water partition coefficient (Wildman–Crippen LogP) is 4.31. The van der Waals surface area contributed by atoms with Crippen molar-refractivity contribution in [2.24, 2.45) is 0 Å². The molecule has 1 atom stereocenters. The van der Waals surface area contributed by atoms with Crippen LogP contribution in [0.2, 0.25) is 0 Å². The number of aromatic nitrogens is 1. The van der Waals surface area contributed by atoms with E-state index in [1.165, 1.54) is 25.1 Å². The highest BCUT2D eigenvalue weighted by Gasteiger charge is 2.31. The van der Waals surface area contributed by atoms with Crippen LogP contribution < -0.4 is 0 Å². The minimum absolute atomic E-state index is 0.191. The maximum Gasteiger partial charge on any atom is 0.303 e. The first-order chi connectivity index (χ1) is 14.1. The molecule has 1 heterocycles. The molecule has 1 aromatic heterocycles. The fraction of sp³-hybridized carbons (Fsp3) is 0.318. The third-order valence-electron chi connectivity index (χ3n) is 5.42. The van der Waals surface area contributed by atoms with Crippen molar-refractivity contribution >= 4 is 26.7 Å². The molecule has 0 N–H and O–H groups in total. The number of hydrogen-bond donors (Lipinski definition) is 0. The van der Waals surface area contributed by atoms with Gasteiger partial charge in [-0.3, -0.25) is 4.79 Å². The van der Waals surface area contributed by atoms with Gasteiger partial charge in [0.05, 0.1) is 16.1 Å². The van der Waals surface area contributed by atoms with Crippen molar-refractivity contribution in [3.05, 3.63) is 64.9 Å². The maximum atomic E-state index is 14.9. The Labute approximate surface area is 173 Å². The smallest absolute Gasteiger partial charge is 0.303 e. The highest BCUT2D eigenvalue weighted by Crippen LogP contribution is 2.40. The monoisotopic (exact) mass is 433 g/mol. The van der Waals surface area contributed by atoms with Crippen molar-refractivity contribution in [3.63, 3.8) is 0 Å². The number of hydrogen-bond acceptors (Lipinski definition) is 4. The van der Waals surface area contributed by atoms with Gasteiger partial charge in [0, 0.05) is 31.2 Å². The van der Waals surface area contributed by atoms with E-state index in [0.717, 1.165) is 29.9 Å². The first-order valence-electron chi connectivity index (χ1n) is 9.61. The summed E-state index contributed by atoms with van der Waals surface area (Å²) in [7, 11) is -3.33. The van der Waals surface area contributed by atoms with Gasteiger partial charge < -0.3 is 9.30 Å². The molecule has 0 spiro atoms. The minimum Gasteiger partial charge on any atom is -0.456 e. The lowest BCUT2D eigenvalue weighted by Gasteiger charge is -2.25. The summed E-state index contributed by atoms with van der Waals surface area (Å²) >= 11 is 0. The van der Waals surface area contributed by atoms with Crippen molar-refractivity contribution in [1.29, 1.82) is 0 Å². The highest BCUT2D eigenvalue weighted by atomic mass is 32.2. The highest BCUT2D eigenvalue weighted by molar-refractivity contribution is 7.90. The second kappa shape index (κ2) is 7.50. The molecule has 0 amide bonds. The predicted molar refractivity (Wildman–Crippen MR) is 108 cm³/mol. The first-order valence-corrected chi connectivity index (χ1v) is 11.5. The van der Waals surface area contributed by atoms with E-state index in [-0.39, 0.29) is 17.0 Å². The van der Waals surface area contributed by atoms with Crippen molar-refractivity contribution in [2.45, 2.75) is 43.7 Å². The molecule has 158 valence electrons. The van der Waals surface area contributed by atoms with Gasteiger partial charge in [-0.1, -0.05) is 12.1 Å². The van der Waals surface area contributed by atoms with Gasteiger partial charge in [-0.15, -0.1) is 0 Å². The van der Waals surface area contributed by atoms with Crippen LogP contribution in [-0.4, -0.2) is 25.2 Å². The molecule has 4 rings (SSSR count). The molecule has 2 aromatic carbocycles. The van der Waals surface area contributed by atoms with Crippen LogP contribution in [0.25, 0.3) is 10.9 Å². The summed E-state index contributed by atoms with van der Waals surface area (Å²) in [6.45, 7) is 1.56. The summed E-state index contributed by atoms with van der Waals surface area (Å²) < 4.78 is 59.5. The van der Waals surface area contributed by atoms with Crippen LogP contribution in [-0.2, 0) is 32.3 Å². The lowest BCUT2D eigenvalue weighted by Crippen LogP contribution is -2.19. The number of esters is 1. The quantitative estimate of drug-likeness (QED) is 0.575. The van der Waals surface area contributed by atoms with E-state index in [4.69, 9.17) is 4.74 Å². The van der Waals surface area contributed by atoms with E-state index < -0.39 is 33.5 Å². The first kappa shape index (κ1) is 20.5. The topological polar surface area (TPSA) is 65.4 Å². The lowest BCUT2D eigenvalue weighted by molar-refractivity contribution is -0.147. The van der Waals surface area contributed by atoms with E-state index in [1.54, 1.807) is 16.7 Å². The summed E-state index contributed by atoms with van der Waals surface area (Å²) in [6.07, 6.45) is 2.56. The van der Waals surface area contributed by atoms with Crippen LogP contribution in [0.5, 0.6) is 0 Å². The summed E-state index contributed by atoms with van der Waals surface area (Å²) in [4.78, 5) is 11.8. The van der Waals surface area contributed by atoms with Gasteiger partial charge in [-0.05, 0) is 48.6 Å². The molecule has 0 saturated carbocycles. The number of ether oxygens (including phenoxy) is 1. The number of benzene rings is 2. The molecular formula is C22H21F2NO4S. The number of halogens is 2. The molecule has 0 bridgehead atoms. The molecule has 5 nitrogen and oxygen atoms in total. The Morgan fingerprint density at radius 1 is 1.20 bits per heavy atom. The SMILES string of the molecule is CC(=O)OC1CCCc2c1n(Cc1ccc(S(C)(=O)=O)cc1)c1c(F)cc(F)cc21. The number of fused-ring (bicyclic) bond motifs is 3. The number of nitrogens with zero attached hydrogens (tertiary/aromatic N) is 1. The Morgan fingerprint density at radius 3 is 2.53 bits per heavy atom. The lowest BCUT2D eigenvalue weighted by atomic mass is 9.93. The second-order valence-corrected chi connectivity index (χ2v) is 9.66. The number of aryl methyl sites for hydroxylation is 1. The molecule has 3 aromatic rings. The molecular weight excluding hydrogens is 412 g/mol. The van der Waals surface area contributed by atoms with Crippen LogP contribution in [0.15, 0.2) is 41.3 Å². The standard InChI is InChI=1S/C22H21F2NO4S/c1-13(26)29-20-5-3-4-17-18-10-15(23)11-19(24)21(18)25(22(17)20)12-14-6-8-16(9-7-14)30(2,27)28/h6-11,20H,3-5,12H2,1-2H3. The zero-order valence-electron chi connectivity index (χ0n) is 16.6. The molecule has 0 fully saturated rings. The van der Waals surface area contributed by atoms with Gasteiger partial charge >= 0.3 is 5.97 Å². The van der Waals surface area contributed by atoms with E-state index in [2.05, 4.69) is 0 Å². The summed E-state index contributed by atoms with van der Waals surface area (Å²) in [5.74, 6) is -1.78. The summed E-state index contributed by atoms with van der Waals surface area (Å²) in [5.41, 5.74) is 2.46. The van der Waals surface area contributed by atoms with Crippen molar-refractivity contribution in [3.8, 4) is 0 Å². The molecule has 1 aliphatic carbocycles. The molecule has 0 saturated heterocycles. The number of rotatable bonds is 4. The van der Waals surface area contributed by atoms with Gasteiger partial charge in [-0.2, -0.15) is 0 Å². The van der Waals surface area contributed by atoms with Crippen LogP contribution in [0.4, 0.5) is 8.78 Å². The van der Waals surface area contributed by atoms with Gasteiger partial charge in [0.1, 0.15) is 17.7 Å². The average Bonchev–Trinajstić information content (AvgIpc) is 2.96. The van der Waals surface area contributed by atoms with Gasteiger partial charge in [-0.25, -0.2) is 17.2 Å². The zero-order valence-corrected chi connectivity index (χ0v) is 17.4. The Hall–Kier alpha value is -2.74. The fourth-order valence-electron chi connectivity index (χ4n) is 4.23. The van der Waals surface area contributed by atoms with Gasteiger partial charge in [0.2, 0.25) is 0 Å². The molecule has 0 aliphatic heterocycles. The van der Waals surface area contributed by atoms with E-state index in [9.17, 15) is 22.0 Å². The van der Waals surface area contributed by atoms with Crippen molar-refractivity contribution in [1.82, 2.24) is 4.57 Å². The Balaban J connectivity index is 1.88. The summed E-state index contributed by atoms with van der Waals surface area (Å²) in [6, 6.07) is 8.50. The Bertz CT molecular complexity index is 1250.